The zero-order valence-electron chi connectivity index (χ0n) is 12.9. The molecule has 124 valence electrons. The molecule has 0 N–H and O–H groups in total. The molecule has 2 aliphatic rings. The third kappa shape index (κ3) is 2.90. The molecule has 1 aliphatic carbocycles. The Morgan fingerprint density at radius 2 is 1.54 bits per heavy atom. The SMILES string of the molecule is Clc1cc2c(cc1Oc1cccc(Cl)c1Cl)=NC1(CCCCC1)N=2. The Hall–Kier alpha value is -1.29. The Bertz CT molecular complexity index is 921. The van der Waals surface area contributed by atoms with Gasteiger partial charge in [-0.15, -0.1) is 0 Å². The maximum atomic E-state index is 6.37. The first-order chi connectivity index (χ1) is 11.6. The summed E-state index contributed by atoms with van der Waals surface area (Å²) in [7, 11) is 0. The average molecular weight is 382 g/mol. The first-order valence-corrected chi connectivity index (χ1v) is 9.11. The lowest BCUT2D eigenvalue weighted by atomic mass is 9.90. The van der Waals surface area contributed by atoms with Gasteiger partial charge in [-0.3, -0.25) is 9.98 Å². The maximum Gasteiger partial charge on any atom is 0.151 e. The zero-order valence-corrected chi connectivity index (χ0v) is 15.1. The van der Waals surface area contributed by atoms with Crippen LogP contribution in [0.2, 0.25) is 15.1 Å². The molecule has 0 unspecified atom stereocenters. The largest absolute Gasteiger partial charge is 0.454 e. The van der Waals surface area contributed by atoms with Crippen LogP contribution in [-0.2, 0) is 0 Å². The van der Waals surface area contributed by atoms with E-state index in [2.05, 4.69) is 0 Å². The summed E-state index contributed by atoms with van der Waals surface area (Å²) >= 11 is 18.6. The van der Waals surface area contributed by atoms with Gasteiger partial charge in [0.25, 0.3) is 0 Å². The first-order valence-electron chi connectivity index (χ1n) is 7.98. The van der Waals surface area contributed by atoms with Crippen molar-refractivity contribution in [2.75, 3.05) is 0 Å². The van der Waals surface area contributed by atoms with Crippen LogP contribution in [0.15, 0.2) is 40.3 Å². The quantitative estimate of drug-likeness (QED) is 0.690. The summed E-state index contributed by atoms with van der Waals surface area (Å²) in [6, 6.07) is 8.89. The molecule has 0 saturated heterocycles. The third-order valence-corrected chi connectivity index (χ3v) is 5.57. The van der Waals surface area contributed by atoms with Gasteiger partial charge in [0.15, 0.2) is 5.66 Å². The number of rotatable bonds is 2. The van der Waals surface area contributed by atoms with E-state index in [1.165, 1.54) is 6.42 Å². The topological polar surface area (TPSA) is 34.0 Å². The highest BCUT2D eigenvalue weighted by atomic mass is 35.5. The normalized spacial score (nSPS) is 18.0. The molecule has 1 heterocycles. The lowest BCUT2D eigenvalue weighted by Gasteiger charge is -2.27. The van der Waals surface area contributed by atoms with Gasteiger partial charge in [-0.05, 0) is 43.9 Å². The summed E-state index contributed by atoms with van der Waals surface area (Å²) < 4.78 is 5.87. The Morgan fingerprint density at radius 3 is 2.29 bits per heavy atom. The lowest BCUT2D eigenvalue weighted by molar-refractivity contribution is 0.309. The summed E-state index contributed by atoms with van der Waals surface area (Å²) in [5, 5.41) is 2.95. The molecule has 0 atom stereocenters. The van der Waals surface area contributed by atoms with Crippen molar-refractivity contribution in [2.45, 2.75) is 37.8 Å². The minimum Gasteiger partial charge on any atom is -0.454 e. The lowest BCUT2D eigenvalue weighted by Crippen LogP contribution is -2.25. The van der Waals surface area contributed by atoms with Crippen molar-refractivity contribution >= 4 is 34.8 Å². The second kappa shape index (κ2) is 6.21. The van der Waals surface area contributed by atoms with Crippen LogP contribution in [-0.4, -0.2) is 5.66 Å². The van der Waals surface area contributed by atoms with Crippen molar-refractivity contribution in [3.05, 3.63) is 56.1 Å². The smallest absolute Gasteiger partial charge is 0.151 e. The molecule has 0 bridgehead atoms. The molecular formula is C18H15Cl3N2O. The van der Waals surface area contributed by atoms with E-state index in [1.807, 2.05) is 12.1 Å². The van der Waals surface area contributed by atoms with Crippen molar-refractivity contribution < 1.29 is 4.74 Å². The first kappa shape index (κ1) is 16.2. The van der Waals surface area contributed by atoms with E-state index in [9.17, 15) is 0 Å². The summed E-state index contributed by atoms with van der Waals surface area (Å²) in [5.41, 5.74) is -0.295. The number of ether oxygens (including phenoxy) is 1. The molecular weight excluding hydrogens is 367 g/mol. The molecule has 24 heavy (non-hydrogen) atoms. The van der Waals surface area contributed by atoms with Gasteiger partial charge in [0.1, 0.15) is 16.5 Å². The zero-order chi connectivity index (χ0) is 16.7. The number of fused-ring (bicyclic) bond motifs is 1. The van der Waals surface area contributed by atoms with E-state index < -0.39 is 0 Å². The molecule has 0 radical (unpaired) electrons. The standard InChI is InChI=1S/C18H15Cl3N2O/c19-11-5-4-6-15(17(11)21)24-16-10-14-13(9-12(16)20)22-18(23-14)7-2-1-3-8-18/h4-6,9-10H,1-3,7-8H2. The summed E-state index contributed by atoms with van der Waals surface area (Å²) in [4.78, 5) is 9.69. The highest BCUT2D eigenvalue weighted by Gasteiger charge is 2.33. The molecule has 4 rings (SSSR count). The highest BCUT2D eigenvalue weighted by molar-refractivity contribution is 6.43. The number of hydrogen-bond acceptors (Lipinski definition) is 3. The van der Waals surface area contributed by atoms with Gasteiger partial charge >= 0.3 is 0 Å². The Kier molecular flexibility index (Phi) is 4.19. The predicted octanol–water partition coefficient (Wildman–Crippen LogP) is 5.35. The van der Waals surface area contributed by atoms with Crippen molar-refractivity contribution in [3.63, 3.8) is 0 Å². The molecule has 2 aromatic rings. The van der Waals surface area contributed by atoms with Crippen molar-refractivity contribution in [1.82, 2.24) is 0 Å². The van der Waals surface area contributed by atoms with Gasteiger partial charge in [-0.25, -0.2) is 0 Å². The number of halogens is 3. The molecule has 1 aliphatic heterocycles. The number of benzene rings is 2. The summed E-state index contributed by atoms with van der Waals surface area (Å²) in [6.07, 6.45) is 5.57. The molecule has 0 aromatic heterocycles. The van der Waals surface area contributed by atoms with Crippen LogP contribution < -0.4 is 15.5 Å². The Labute approximate surface area is 154 Å². The van der Waals surface area contributed by atoms with Gasteiger partial charge in [0, 0.05) is 6.07 Å². The number of hydrogen-bond donors (Lipinski definition) is 0. The second-order valence-corrected chi connectivity index (χ2v) is 7.38. The van der Waals surface area contributed by atoms with E-state index >= 15 is 0 Å². The van der Waals surface area contributed by atoms with Crippen molar-refractivity contribution in [1.29, 1.82) is 0 Å². The minimum atomic E-state index is -0.295. The van der Waals surface area contributed by atoms with E-state index in [1.54, 1.807) is 18.2 Å². The van der Waals surface area contributed by atoms with Gasteiger partial charge in [-0.2, -0.15) is 0 Å². The summed E-state index contributed by atoms with van der Waals surface area (Å²) in [5.74, 6) is 0.972. The minimum absolute atomic E-state index is 0.295. The molecule has 2 aromatic carbocycles. The summed E-state index contributed by atoms with van der Waals surface area (Å²) in [6.45, 7) is 0. The number of nitrogens with zero attached hydrogens (tertiary/aromatic N) is 2. The van der Waals surface area contributed by atoms with Crippen LogP contribution in [0.1, 0.15) is 32.1 Å². The molecule has 1 saturated carbocycles. The second-order valence-electron chi connectivity index (χ2n) is 6.19. The fourth-order valence-electron chi connectivity index (χ4n) is 3.29. The van der Waals surface area contributed by atoms with Crippen LogP contribution >= 0.6 is 34.8 Å². The van der Waals surface area contributed by atoms with E-state index in [0.717, 1.165) is 36.4 Å². The van der Waals surface area contributed by atoms with Gasteiger partial charge in [0.05, 0.1) is 20.8 Å². The van der Waals surface area contributed by atoms with Crippen molar-refractivity contribution in [2.24, 2.45) is 9.98 Å². The van der Waals surface area contributed by atoms with E-state index in [0.29, 0.717) is 26.6 Å². The molecule has 1 spiro atoms. The van der Waals surface area contributed by atoms with Gasteiger partial charge in [0.2, 0.25) is 0 Å². The molecule has 0 amide bonds. The van der Waals surface area contributed by atoms with E-state index in [4.69, 9.17) is 49.5 Å². The van der Waals surface area contributed by atoms with Gasteiger partial charge in [-0.1, -0.05) is 47.3 Å². The highest BCUT2D eigenvalue weighted by Crippen LogP contribution is 2.37. The molecule has 1 fully saturated rings. The third-order valence-electron chi connectivity index (χ3n) is 4.48. The van der Waals surface area contributed by atoms with E-state index in [-0.39, 0.29) is 5.66 Å². The van der Waals surface area contributed by atoms with Crippen LogP contribution in [0.5, 0.6) is 11.5 Å². The van der Waals surface area contributed by atoms with Crippen LogP contribution in [0.25, 0.3) is 0 Å². The Balaban J connectivity index is 1.73. The fourth-order valence-corrected chi connectivity index (χ4v) is 3.81. The van der Waals surface area contributed by atoms with Gasteiger partial charge < -0.3 is 4.74 Å². The Morgan fingerprint density at radius 1 is 0.833 bits per heavy atom. The monoisotopic (exact) mass is 380 g/mol. The fraction of sp³-hybridized carbons (Fsp3) is 0.333. The predicted molar refractivity (Wildman–Crippen MR) is 96.1 cm³/mol. The van der Waals surface area contributed by atoms with Crippen LogP contribution in [0.3, 0.4) is 0 Å². The molecule has 6 heteroatoms. The maximum absolute atomic E-state index is 6.37. The average Bonchev–Trinajstić information content (AvgIpc) is 2.89. The van der Waals surface area contributed by atoms with Crippen molar-refractivity contribution in [3.8, 4) is 11.5 Å². The molecule has 3 nitrogen and oxygen atoms in total. The van der Waals surface area contributed by atoms with Crippen LogP contribution in [0, 0.1) is 0 Å². The van der Waals surface area contributed by atoms with Crippen LogP contribution in [0.4, 0.5) is 0 Å².